The van der Waals surface area contributed by atoms with Gasteiger partial charge in [0, 0.05) is 0 Å². The third kappa shape index (κ3) is 2.55. The Morgan fingerprint density at radius 1 is 1.09 bits per heavy atom. The molecule has 0 unspecified atom stereocenters. The Kier molecular flexibility index (Phi) is 4.24. The molecule has 0 aliphatic heterocycles. The molecule has 0 fully saturated rings. The van der Waals surface area contributed by atoms with Crippen molar-refractivity contribution in [3.05, 3.63) is 0 Å². The molecule has 0 rings (SSSR count). The third-order valence-corrected chi connectivity index (χ3v) is 3.28. The van der Waals surface area contributed by atoms with E-state index < -0.39 is 0 Å². The summed E-state index contributed by atoms with van der Waals surface area (Å²) in [4.78, 5) is 7.94. The highest BCUT2D eigenvalue weighted by molar-refractivity contribution is 6.30. The first-order chi connectivity index (χ1) is 4.95. The Morgan fingerprint density at radius 3 is 1.55 bits per heavy atom. The SMILES string of the molecule is C[SiH2]NC(C)(N(C)C)N(C)C. The van der Waals surface area contributed by atoms with E-state index in [1.807, 2.05) is 0 Å². The number of nitrogens with one attached hydrogen (secondary N) is 1. The molecule has 0 aromatic rings. The second-order valence-corrected chi connectivity index (χ2v) is 4.40. The van der Waals surface area contributed by atoms with Crippen molar-refractivity contribution in [2.75, 3.05) is 28.2 Å². The van der Waals surface area contributed by atoms with Gasteiger partial charge in [-0.05, 0) is 35.1 Å². The minimum absolute atomic E-state index is 0.0287. The Hall–Kier alpha value is 0.0969. The average Bonchev–Trinajstić information content (AvgIpc) is 1.87. The zero-order valence-corrected chi connectivity index (χ0v) is 10.0. The van der Waals surface area contributed by atoms with Crippen LogP contribution in [0.25, 0.3) is 0 Å². The van der Waals surface area contributed by atoms with Crippen molar-refractivity contribution >= 4 is 9.68 Å². The van der Waals surface area contributed by atoms with Crippen molar-refractivity contribution in [2.24, 2.45) is 0 Å². The van der Waals surface area contributed by atoms with Gasteiger partial charge in [0.1, 0.15) is 5.79 Å². The minimum atomic E-state index is -0.109. The van der Waals surface area contributed by atoms with Crippen molar-refractivity contribution in [1.29, 1.82) is 0 Å². The highest BCUT2D eigenvalue weighted by atomic mass is 28.2. The summed E-state index contributed by atoms with van der Waals surface area (Å²) in [7, 11) is 8.27. The van der Waals surface area contributed by atoms with Gasteiger partial charge in [-0.1, -0.05) is 6.55 Å². The minimum Gasteiger partial charge on any atom is -0.314 e. The molecule has 0 aliphatic carbocycles. The molecule has 0 atom stereocenters. The number of hydrogen-bond donors (Lipinski definition) is 1. The molecule has 0 radical (unpaired) electrons. The molecule has 0 heterocycles. The fourth-order valence-corrected chi connectivity index (χ4v) is 2.35. The van der Waals surface area contributed by atoms with Crippen LogP contribution in [0.1, 0.15) is 6.92 Å². The normalized spacial score (nSPS) is 14.2. The molecule has 0 aliphatic rings. The van der Waals surface area contributed by atoms with Gasteiger partial charge < -0.3 is 4.98 Å². The highest BCUT2D eigenvalue weighted by Crippen LogP contribution is 2.08. The van der Waals surface area contributed by atoms with Crippen molar-refractivity contribution in [3.8, 4) is 0 Å². The Morgan fingerprint density at radius 2 is 1.45 bits per heavy atom. The van der Waals surface area contributed by atoms with Gasteiger partial charge in [0.05, 0.1) is 9.68 Å². The van der Waals surface area contributed by atoms with E-state index in [-0.39, 0.29) is 15.5 Å². The van der Waals surface area contributed by atoms with E-state index in [0.717, 1.165) is 0 Å². The van der Waals surface area contributed by atoms with Crippen LogP contribution >= 0.6 is 0 Å². The van der Waals surface area contributed by atoms with Crippen molar-refractivity contribution in [2.45, 2.75) is 19.3 Å². The molecule has 4 heteroatoms. The van der Waals surface area contributed by atoms with E-state index in [0.29, 0.717) is 0 Å². The van der Waals surface area contributed by atoms with E-state index in [9.17, 15) is 0 Å². The summed E-state index contributed by atoms with van der Waals surface area (Å²) in [6.45, 7) is 4.45. The third-order valence-electron chi connectivity index (χ3n) is 2.25. The summed E-state index contributed by atoms with van der Waals surface area (Å²) in [5.74, 6) is 0.0287. The molecular weight excluding hydrogens is 154 g/mol. The first-order valence-corrected chi connectivity index (χ1v) is 6.17. The summed E-state index contributed by atoms with van der Waals surface area (Å²) in [6.07, 6.45) is 0. The van der Waals surface area contributed by atoms with Crippen LogP contribution in [0.4, 0.5) is 0 Å². The highest BCUT2D eigenvalue weighted by Gasteiger charge is 2.27. The van der Waals surface area contributed by atoms with Gasteiger partial charge in [0.15, 0.2) is 0 Å². The fraction of sp³-hybridized carbons (Fsp3) is 1.00. The summed E-state index contributed by atoms with van der Waals surface area (Å²) in [5, 5.41) is 0. The molecule has 0 bridgehead atoms. The quantitative estimate of drug-likeness (QED) is 0.459. The molecule has 0 saturated heterocycles. The van der Waals surface area contributed by atoms with E-state index >= 15 is 0 Å². The Balaban J connectivity index is 4.26. The van der Waals surface area contributed by atoms with Crippen molar-refractivity contribution < 1.29 is 0 Å². The van der Waals surface area contributed by atoms with Gasteiger partial charge in [-0.15, -0.1) is 0 Å². The van der Waals surface area contributed by atoms with Crippen LogP contribution in [-0.4, -0.2) is 53.5 Å². The van der Waals surface area contributed by atoms with Gasteiger partial charge >= 0.3 is 0 Å². The maximum atomic E-state index is 3.55. The zero-order chi connectivity index (χ0) is 9.07. The van der Waals surface area contributed by atoms with E-state index in [4.69, 9.17) is 0 Å². The predicted molar refractivity (Wildman–Crippen MR) is 53.3 cm³/mol. The molecule has 0 aromatic heterocycles. The topological polar surface area (TPSA) is 18.5 Å². The summed E-state index contributed by atoms with van der Waals surface area (Å²) in [6, 6.07) is 0. The Bertz CT molecular complexity index is 106. The second-order valence-electron chi connectivity index (χ2n) is 3.34. The monoisotopic (exact) mass is 175 g/mol. The lowest BCUT2D eigenvalue weighted by Gasteiger charge is -2.42. The fourth-order valence-electron chi connectivity index (χ4n) is 1.05. The van der Waals surface area contributed by atoms with Crippen molar-refractivity contribution in [3.63, 3.8) is 0 Å². The Labute approximate surface area is 72.7 Å². The lowest BCUT2D eigenvalue weighted by Crippen LogP contribution is -2.63. The standard InChI is InChI=1S/C7H21N3Si/c1-7(8-11-6,9(2)3)10(4)5/h8H,11H2,1-6H3. The van der Waals surface area contributed by atoms with Crippen LogP contribution in [-0.2, 0) is 0 Å². The first kappa shape index (κ1) is 11.1. The molecular formula is C7H21N3Si. The van der Waals surface area contributed by atoms with Crippen LogP contribution < -0.4 is 4.98 Å². The van der Waals surface area contributed by atoms with Gasteiger partial charge in [-0.25, -0.2) is 0 Å². The van der Waals surface area contributed by atoms with E-state index in [1.165, 1.54) is 0 Å². The second kappa shape index (κ2) is 4.20. The van der Waals surface area contributed by atoms with Gasteiger partial charge in [0.2, 0.25) is 0 Å². The van der Waals surface area contributed by atoms with Crippen LogP contribution in [0, 0.1) is 0 Å². The smallest absolute Gasteiger partial charge is 0.118 e. The summed E-state index contributed by atoms with van der Waals surface area (Å²) in [5.41, 5.74) is 0. The van der Waals surface area contributed by atoms with Gasteiger partial charge in [-0.3, -0.25) is 9.80 Å². The predicted octanol–water partition coefficient (Wildman–Crippen LogP) is -0.495. The summed E-state index contributed by atoms with van der Waals surface area (Å²) >= 11 is 0. The molecule has 11 heavy (non-hydrogen) atoms. The van der Waals surface area contributed by atoms with Crippen molar-refractivity contribution in [1.82, 2.24) is 14.8 Å². The lowest BCUT2D eigenvalue weighted by atomic mass is 10.3. The number of hydrogen-bond acceptors (Lipinski definition) is 3. The van der Waals surface area contributed by atoms with E-state index in [1.54, 1.807) is 0 Å². The number of rotatable bonds is 4. The molecule has 3 nitrogen and oxygen atoms in total. The molecule has 1 N–H and O–H groups in total. The van der Waals surface area contributed by atoms with Gasteiger partial charge in [-0.2, -0.15) is 0 Å². The number of nitrogens with zero attached hydrogens (tertiary/aromatic N) is 2. The maximum absolute atomic E-state index is 3.55. The van der Waals surface area contributed by atoms with Crippen LogP contribution in [0.3, 0.4) is 0 Å². The summed E-state index contributed by atoms with van der Waals surface area (Å²) < 4.78 is 0. The van der Waals surface area contributed by atoms with Crippen LogP contribution in [0.2, 0.25) is 6.55 Å². The molecule has 0 aromatic carbocycles. The zero-order valence-electron chi connectivity index (χ0n) is 8.60. The average molecular weight is 175 g/mol. The maximum Gasteiger partial charge on any atom is 0.118 e. The first-order valence-electron chi connectivity index (χ1n) is 4.05. The van der Waals surface area contributed by atoms with E-state index in [2.05, 4.69) is 56.4 Å². The van der Waals surface area contributed by atoms with Crippen LogP contribution in [0.5, 0.6) is 0 Å². The van der Waals surface area contributed by atoms with Crippen LogP contribution in [0.15, 0.2) is 0 Å². The molecule has 68 valence electrons. The van der Waals surface area contributed by atoms with Gasteiger partial charge in [0.25, 0.3) is 0 Å². The largest absolute Gasteiger partial charge is 0.314 e. The molecule has 0 amide bonds. The molecule has 0 spiro atoms. The molecule has 0 saturated carbocycles. The lowest BCUT2D eigenvalue weighted by molar-refractivity contribution is 0.0101.